The van der Waals surface area contributed by atoms with Crippen molar-refractivity contribution in [2.24, 2.45) is 11.1 Å². The minimum absolute atomic E-state index is 0.0684. The number of nitrogens with zero attached hydrogens (tertiary/aromatic N) is 2. The molecule has 0 aromatic heterocycles. The molecule has 0 saturated carbocycles. The fourth-order valence-corrected chi connectivity index (χ4v) is 5.69. The molecule has 188 valence electrons. The zero-order valence-corrected chi connectivity index (χ0v) is 20.8. The maximum Gasteiger partial charge on any atom is 0.248 e. The van der Waals surface area contributed by atoms with Crippen LogP contribution in [0, 0.1) is 17.0 Å². The molecule has 2 amide bonds. The summed E-state index contributed by atoms with van der Waals surface area (Å²) in [5.41, 5.74) is 6.44. The number of benzene rings is 2. The lowest BCUT2D eigenvalue weighted by atomic mass is 9.84. The van der Waals surface area contributed by atoms with E-state index in [0.29, 0.717) is 36.7 Å². The van der Waals surface area contributed by atoms with Gasteiger partial charge in [-0.2, -0.15) is 0 Å². The van der Waals surface area contributed by atoms with Crippen molar-refractivity contribution in [2.75, 3.05) is 13.1 Å². The fraction of sp³-hybridized carbons (Fsp3) is 0.500. The molecule has 2 aromatic carbocycles. The van der Waals surface area contributed by atoms with E-state index < -0.39 is 23.0 Å². The molecule has 2 bridgehead atoms. The van der Waals surface area contributed by atoms with Crippen LogP contribution < -0.4 is 5.73 Å². The smallest absolute Gasteiger partial charge is 0.248 e. The summed E-state index contributed by atoms with van der Waals surface area (Å²) in [4.78, 5) is 28.9. The summed E-state index contributed by atoms with van der Waals surface area (Å²) in [7, 11) is 0. The lowest BCUT2D eigenvalue weighted by Gasteiger charge is -2.40. The van der Waals surface area contributed by atoms with Gasteiger partial charge in [-0.15, -0.1) is 0 Å². The highest BCUT2D eigenvalue weighted by atomic mass is 19.1. The van der Waals surface area contributed by atoms with Gasteiger partial charge in [0.25, 0.3) is 0 Å². The Balaban J connectivity index is 1.46. The van der Waals surface area contributed by atoms with Crippen LogP contribution in [0.5, 0.6) is 0 Å². The van der Waals surface area contributed by atoms with Crippen LogP contribution in [0.4, 0.5) is 8.78 Å². The molecule has 2 aliphatic rings. The third kappa shape index (κ3) is 5.56. The highest BCUT2D eigenvalue weighted by Crippen LogP contribution is 2.43. The first kappa shape index (κ1) is 25.3. The van der Waals surface area contributed by atoms with Gasteiger partial charge >= 0.3 is 0 Å². The van der Waals surface area contributed by atoms with Crippen molar-refractivity contribution in [2.45, 2.75) is 71.0 Å². The Morgan fingerprint density at radius 2 is 1.63 bits per heavy atom. The van der Waals surface area contributed by atoms with Gasteiger partial charge in [-0.25, -0.2) is 8.78 Å². The average Bonchev–Trinajstić information content (AvgIpc) is 3.04. The van der Waals surface area contributed by atoms with Gasteiger partial charge in [0.1, 0.15) is 11.6 Å². The van der Waals surface area contributed by atoms with E-state index in [0.717, 1.165) is 31.2 Å². The Hall–Kier alpha value is -2.80. The van der Waals surface area contributed by atoms with E-state index in [1.165, 1.54) is 18.2 Å². The molecule has 3 atom stereocenters. The molecular weight excluding hydrogens is 448 g/mol. The van der Waals surface area contributed by atoms with E-state index in [-0.39, 0.29) is 18.0 Å². The normalized spacial score (nSPS) is 22.3. The Kier molecular flexibility index (Phi) is 7.27. The zero-order valence-electron chi connectivity index (χ0n) is 20.8. The number of hydrogen-bond acceptors (Lipinski definition) is 3. The molecule has 0 radical (unpaired) electrons. The molecule has 2 saturated heterocycles. The number of hydrogen-bond donors (Lipinski definition) is 1. The Labute approximate surface area is 206 Å². The number of rotatable bonds is 7. The Morgan fingerprint density at radius 1 is 1.03 bits per heavy atom. The number of carbonyl (C=O) groups excluding carboxylic acids is 2. The molecule has 2 heterocycles. The second kappa shape index (κ2) is 10.1. The SMILES string of the molecule is CC(C)(C)C(=O)N(CCN1[C@@H]2CC[C@H]1C[C@@H](c1cccc(C(N)=O)c1)C2)Cc1c(F)cccc1F. The van der Waals surface area contributed by atoms with E-state index >= 15 is 0 Å². The second-order valence-corrected chi connectivity index (χ2v) is 11.0. The number of halogens is 2. The van der Waals surface area contributed by atoms with Crippen LogP contribution in [-0.2, 0) is 11.3 Å². The number of piperidine rings is 1. The number of fused-ring (bicyclic) bond motifs is 2. The van der Waals surface area contributed by atoms with Gasteiger partial charge in [-0.1, -0.05) is 39.0 Å². The number of amides is 2. The largest absolute Gasteiger partial charge is 0.366 e. The van der Waals surface area contributed by atoms with E-state index in [4.69, 9.17) is 5.73 Å². The Bertz CT molecular complexity index is 1060. The third-order valence-corrected chi connectivity index (χ3v) is 7.49. The van der Waals surface area contributed by atoms with Crippen molar-refractivity contribution in [3.63, 3.8) is 0 Å². The molecular formula is C28H35F2N3O2. The highest BCUT2D eigenvalue weighted by Gasteiger charge is 2.41. The molecule has 35 heavy (non-hydrogen) atoms. The summed E-state index contributed by atoms with van der Waals surface area (Å²) >= 11 is 0. The van der Waals surface area contributed by atoms with Crippen molar-refractivity contribution >= 4 is 11.8 Å². The van der Waals surface area contributed by atoms with E-state index in [2.05, 4.69) is 11.0 Å². The van der Waals surface area contributed by atoms with Gasteiger partial charge in [0.15, 0.2) is 0 Å². The molecule has 0 spiro atoms. The predicted octanol–water partition coefficient (Wildman–Crippen LogP) is 4.85. The summed E-state index contributed by atoms with van der Waals surface area (Å²) < 4.78 is 28.7. The lowest BCUT2D eigenvalue weighted by molar-refractivity contribution is -0.140. The number of nitrogens with two attached hydrogens (primary N) is 1. The molecule has 0 aliphatic carbocycles. The first-order valence-electron chi connectivity index (χ1n) is 12.4. The van der Waals surface area contributed by atoms with Crippen LogP contribution in [0.2, 0.25) is 0 Å². The van der Waals surface area contributed by atoms with Crippen molar-refractivity contribution in [1.29, 1.82) is 0 Å². The molecule has 0 unspecified atom stereocenters. The van der Waals surface area contributed by atoms with Gasteiger partial charge in [0.2, 0.25) is 11.8 Å². The monoisotopic (exact) mass is 483 g/mol. The molecule has 2 fully saturated rings. The summed E-state index contributed by atoms with van der Waals surface area (Å²) in [5, 5.41) is 0. The first-order chi connectivity index (χ1) is 16.5. The molecule has 7 heteroatoms. The number of primary amides is 1. The lowest BCUT2D eigenvalue weighted by Crippen LogP contribution is -2.48. The van der Waals surface area contributed by atoms with E-state index in [9.17, 15) is 18.4 Å². The molecule has 4 rings (SSSR count). The Morgan fingerprint density at radius 3 is 2.20 bits per heavy atom. The summed E-state index contributed by atoms with van der Waals surface area (Å²) in [6.07, 6.45) is 4.14. The van der Waals surface area contributed by atoms with Gasteiger partial charge in [0.05, 0.1) is 6.54 Å². The summed E-state index contributed by atoms with van der Waals surface area (Å²) in [5.74, 6) is -1.43. The highest BCUT2D eigenvalue weighted by molar-refractivity contribution is 5.92. The quantitative estimate of drug-likeness (QED) is 0.612. The number of carbonyl (C=O) groups is 2. The average molecular weight is 484 g/mol. The first-order valence-corrected chi connectivity index (χ1v) is 12.4. The maximum absolute atomic E-state index is 14.4. The molecule has 2 N–H and O–H groups in total. The van der Waals surface area contributed by atoms with Crippen LogP contribution in [0.25, 0.3) is 0 Å². The van der Waals surface area contributed by atoms with Crippen molar-refractivity contribution in [3.8, 4) is 0 Å². The standard InChI is InChI=1S/C28H35F2N3O2/c1-28(2,3)27(35)32(17-23-24(29)8-5-9-25(23)30)12-13-33-21-10-11-22(33)16-20(15-21)18-6-4-7-19(14-18)26(31)34/h4-9,14,20-22H,10-13,15-17H2,1-3H3,(H2,31,34)/t20-,21+,22-. The van der Waals surface area contributed by atoms with Crippen LogP contribution in [0.1, 0.15) is 73.9 Å². The van der Waals surface area contributed by atoms with E-state index in [1.807, 2.05) is 32.9 Å². The van der Waals surface area contributed by atoms with Crippen molar-refractivity contribution < 1.29 is 18.4 Å². The zero-order chi connectivity index (χ0) is 25.3. The van der Waals surface area contributed by atoms with E-state index in [1.54, 1.807) is 11.0 Å². The van der Waals surface area contributed by atoms with Gasteiger partial charge in [0, 0.05) is 41.7 Å². The predicted molar refractivity (Wildman–Crippen MR) is 132 cm³/mol. The van der Waals surface area contributed by atoms with Crippen LogP contribution in [0.15, 0.2) is 42.5 Å². The van der Waals surface area contributed by atoms with Crippen LogP contribution in [0.3, 0.4) is 0 Å². The molecule has 2 aromatic rings. The maximum atomic E-state index is 14.4. The van der Waals surface area contributed by atoms with Gasteiger partial charge in [-0.3, -0.25) is 14.5 Å². The molecule has 2 aliphatic heterocycles. The van der Waals surface area contributed by atoms with Gasteiger partial charge < -0.3 is 10.6 Å². The molecule has 5 nitrogen and oxygen atoms in total. The third-order valence-electron chi connectivity index (χ3n) is 7.49. The minimum Gasteiger partial charge on any atom is -0.366 e. The van der Waals surface area contributed by atoms with Crippen molar-refractivity contribution in [3.05, 3.63) is 70.8 Å². The topological polar surface area (TPSA) is 66.6 Å². The van der Waals surface area contributed by atoms with Crippen LogP contribution >= 0.6 is 0 Å². The minimum atomic E-state index is -0.654. The van der Waals surface area contributed by atoms with Crippen LogP contribution in [-0.4, -0.2) is 46.8 Å². The van der Waals surface area contributed by atoms with Crippen molar-refractivity contribution in [1.82, 2.24) is 9.80 Å². The second-order valence-electron chi connectivity index (χ2n) is 11.0. The fourth-order valence-electron chi connectivity index (χ4n) is 5.69. The van der Waals surface area contributed by atoms with Gasteiger partial charge in [-0.05, 0) is 61.4 Å². The summed E-state index contributed by atoms with van der Waals surface area (Å²) in [6, 6.07) is 12.2. The summed E-state index contributed by atoms with van der Waals surface area (Å²) in [6.45, 7) is 6.49.